The molecule has 0 aliphatic carbocycles. The number of hydrogen-bond donors (Lipinski definition) is 0. The Balaban J connectivity index is 0. The third-order valence-corrected chi connectivity index (χ3v) is 1.49. The minimum atomic E-state index is -0.0532. The van der Waals surface area contributed by atoms with E-state index in [1.165, 1.54) is 0 Å². The van der Waals surface area contributed by atoms with E-state index in [9.17, 15) is 0 Å². The van der Waals surface area contributed by atoms with Gasteiger partial charge in [-0.15, -0.1) is 0 Å². The molecule has 0 fully saturated rings. The molecule has 1 atom stereocenters. The zero-order valence-electron chi connectivity index (χ0n) is 8.89. The van der Waals surface area contributed by atoms with Crippen LogP contribution in [-0.2, 0) is 0 Å². The highest BCUT2D eigenvalue weighted by atomic mass is 15.1. The molecule has 0 radical (unpaired) electrons. The van der Waals surface area contributed by atoms with Crippen LogP contribution in [0, 0.1) is 11.3 Å². The standard InChI is InChI=1S/C8H14N2.C2H6/c1-5-10(7(2)3)8(4)6-9;1-2/h8H,2,5H2,1,3-4H3;1-2H3. The Morgan fingerprint density at radius 1 is 1.58 bits per heavy atom. The van der Waals surface area contributed by atoms with Crippen molar-refractivity contribution in [1.82, 2.24) is 4.90 Å². The molecular formula is C10H20N2. The van der Waals surface area contributed by atoms with Gasteiger partial charge in [-0.05, 0) is 20.8 Å². The molecule has 12 heavy (non-hydrogen) atoms. The number of nitrogens with zero attached hydrogens (tertiary/aromatic N) is 2. The second kappa shape index (κ2) is 8.13. The maximum Gasteiger partial charge on any atom is 0.113 e. The average Bonchev–Trinajstić information content (AvgIpc) is 2.08. The Labute approximate surface area is 76.5 Å². The van der Waals surface area contributed by atoms with Crippen LogP contribution in [0.2, 0.25) is 0 Å². The van der Waals surface area contributed by atoms with Crippen LogP contribution in [0.15, 0.2) is 12.3 Å². The molecule has 2 nitrogen and oxygen atoms in total. The van der Waals surface area contributed by atoms with Crippen LogP contribution in [0.3, 0.4) is 0 Å². The molecule has 0 aromatic heterocycles. The first kappa shape index (κ1) is 13.6. The normalized spacial score (nSPS) is 10.3. The largest absolute Gasteiger partial charge is 0.360 e. The second-order valence-electron chi connectivity index (χ2n) is 2.33. The van der Waals surface area contributed by atoms with Gasteiger partial charge in [-0.3, -0.25) is 0 Å². The van der Waals surface area contributed by atoms with Gasteiger partial charge in [-0.1, -0.05) is 20.4 Å². The molecule has 0 aliphatic rings. The molecule has 0 spiro atoms. The van der Waals surface area contributed by atoms with Crippen LogP contribution >= 0.6 is 0 Å². The summed E-state index contributed by atoms with van der Waals surface area (Å²) in [5.41, 5.74) is 0.955. The smallest absolute Gasteiger partial charge is 0.113 e. The fourth-order valence-electron chi connectivity index (χ4n) is 0.944. The molecule has 1 unspecified atom stereocenters. The summed E-state index contributed by atoms with van der Waals surface area (Å²) in [5, 5.41) is 8.55. The first-order chi connectivity index (χ1) is 5.63. The van der Waals surface area contributed by atoms with Crippen molar-refractivity contribution in [2.24, 2.45) is 0 Å². The zero-order chi connectivity index (χ0) is 10.1. The molecule has 0 aliphatic heterocycles. The summed E-state index contributed by atoms with van der Waals surface area (Å²) in [4.78, 5) is 1.96. The van der Waals surface area contributed by atoms with Crippen LogP contribution in [0.25, 0.3) is 0 Å². The Morgan fingerprint density at radius 2 is 2.00 bits per heavy atom. The van der Waals surface area contributed by atoms with E-state index in [-0.39, 0.29) is 6.04 Å². The van der Waals surface area contributed by atoms with Gasteiger partial charge in [0.2, 0.25) is 0 Å². The highest BCUT2D eigenvalue weighted by Gasteiger charge is 2.08. The Kier molecular flexibility index (Phi) is 9.22. The summed E-state index contributed by atoms with van der Waals surface area (Å²) in [5.74, 6) is 0. The van der Waals surface area contributed by atoms with Crippen LogP contribution < -0.4 is 0 Å². The van der Waals surface area contributed by atoms with Gasteiger partial charge in [-0.25, -0.2) is 0 Å². The number of nitriles is 1. The maximum absolute atomic E-state index is 8.55. The number of rotatable bonds is 3. The van der Waals surface area contributed by atoms with Crippen LogP contribution in [0.1, 0.15) is 34.6 Å². The fraction of sp³-hybridized carbons (Fsp3) is 0.700. The van der Waals surface area contributed by atoms with E-state index in [4.69, 9.17) is 5.26 Å². The predicted octanol–water partition coefficient (Wildman–Crippen LogP) is 2.78. The van der Waals surface area contributed by atoms with Crippen molar-refractivity contribution in [1.29, 1.82) is 5.26 Å². The van der Waals surface area contributed by atoms with Crippen molar-refractivity contribution >= 4 is 0 Å². The van der Waals surface area contributed by atoms with E-state index in [1.54, 1.807) is 0 Å². The van der Waals surface area contributed by atoms with Gasteiger partial charge in [0.05, 0.1) is 6.07 Å². The van der Waals surface area contributed by atoms with Crippen molar-refractivity contribution in [3.63, 3.8) is 0 Å². The van der Waals surface area contributed by atoms with E-state index >= 15 is 0 Å². The Morgan fingerprint density at radius 3 is 2.08 bits per heavy atom. The van der Waals surface area contributed by atoms with Gasteiger partial charge >= 0.3 is 0 Å². The quantitative estimate of drug-likeness (QED) is 0.648. The molecule has 0 saturated heterocycles. The summed E-state index contributed by atoms with van der Waals surface area (Å²) in [6.45, 7) is 14.4. The molecule has 0 rings (SSSR count). The summed E-state index contributed by atoms with van der Waals surface area (Å²) in [6, 6.07) is 2.11. The lowest BCUT2D eigenvalue weighted by atomic mass is 10.3. The topological polar surface area (TPSA) is 27.0 Å². The maximum atomic E-state index is 8.55. The summed E-state index contributed by atoms with van der Waals surface area (Å²) < 4.78 is 0. The SMILES string of the molecule is C=C(C)N(CC)C(C)C#N.CC. The summed E-state index contributed by atoms with van der Waals surface area (Å²) in [6.07, 6.45) is 0. The van der Waals surface area contributed by atoms with Gasteiger partial charge in [0.25, 0.3) is 0 Å². The molecule has 2 heteroatoms. The summed E-state index contributed by atoms with van der Waals surface area (Å²) in [7, 11) is 0. The average molecular weight is 168 g/mol. The lowest BCUT2D eigenvalue weighted by Gasteiger charge is -2.24. The van der Waals surface area contributed by atoms with Crippen LogP contribution in [0.5, 0.6) is 0 Å². The number of hydrogen-bond acceptors (Lipinski definition) is 2. The minimum Gasteiger partial charge on any atom is -0.360 e. The lowest BCUT2D eigenvalue weighted by Crippen LogP contribution is -2.29. The van der Waals surface area contributed by atoms with Gasteiger partial charge in [-0.2, -0.15) is 5.26 Å². The molecule has 0 amide bonds. The van der Waals surface area contributed by atoms with E-state index in [2.05, 4.69) is 12.6 Å². The lowest BCUT2D eigenvalue weighted by molar-refractivity contribution is 0.331. The molecular weight excluding hydrogens is 148 g/mol. The second-order valence-corrected chi connectivity index (χ2v) is 2.33. The van der Waals surface area contributed by atoms with Gasteiger partial charge in [0.1, 0.15) is 6.04 Å². The van der Waals surface area contributed by atoms with E-state index in [1.807, 2.05) is 39.5 Å². The monoisotopic (exact) mass is 168 g/mol. The third kappa shape index (κ3) is 4.79. The van der Waals surface area contributed by atoms with Gasteiger partial charge in [0, 0.05) is 12.2 Å². The molecule has 70 valence electrons. The first-order valence-corrected chi connectivity index (χ1v) is 4.45. The zero-order valence-corrected chi connectivity index (χ0v) is 8.89. The molecule has 0 aromatic carbocycles. The first-order valence-electron chi connectivity index (χ1n) is 4.45. The van der Waals surface area contributed by atoms with Crippen molar-refractivity contribution in [3.8, 4) is 6.07 Å². The highest BCUT2D eigenvalue weighted by molar-refractivity contribution is 4.98. The molecule has 0 N–H and O–H groups in total. The number of allylic oxidation sites excluding steroid dienone is 1. The Bertz CT molecular complexity index is 156. The third-order valence-electron chi connectivity index (χ3n) is 1.49. The van der Waals surface area contributed by atoms with Crippen LogP contribution in [0.4, 0.5) is 0 Å². The minimum absolute atomic E-state index is 0.0532. The van der Waals surface area contributed by atoms with Crippen LogP contribution in [-0.4, -0.2) is 17.5 Å². The Hall–Kier alpha value is -0.970. The van der Waals surface area contributed by atoms with E-state index in [0.717, 1.165) is 12.2 Å². The highest BCUT2D eigenvalue weighted by Crippen LogP contribution is 2.04. The molecule has 0 bridgehead atoms. The predicted molar refractivity (Wildman–Crippen MR) is 53.6 cm³/mol. The van der Waals surface area contributed by atoms with Crippen molar-refractivity contribution in [2.45, 2.75) is 40.7 Å². The van der Waals surface area contributed by atoms with E-state index in [0.29, 0.717) is 0 Å². The van der Waals surface area contributed by atoms with Gasteiger partial charge in [0.15, 0.2) is 0 Å². The fourth-order valence-corrected chi connectivity index (χ4v) is 0.944. The van der Waals surface area contributed by atoms with Crippen molar-refractivity contribution < 1.29 is 0 Å². The van der Waals surface area contributed by atoms with Crippen molar-refractivity contribution in [2.75, 3.05) is 6.54 Å². The van der Waals surface area contributed by atoms with Crippen molar-refractivity contribution in [3.05, 3.63) is 12.3 Å². The summed E-state index contributed by atoms with van der Waals surface area (Å²) >= 11 is 0. The van der Waals surface area contributed by atoms with Gasteiger partial charge < -0.3 is 4.90 Å². The molecule has 0 saturated carbocycles. The van der Waals surface area contributed by atoms with E-state index < -0.39 is 0 Å². The molecule has 0 aromatic rings. The molecule has 0 heterocycles.